The van der Waals surface area contributed by atoms with Gasteiger partial charge < -0.3 is 9.84 Å². The van der Waals surface area contributed by atoms with Gasteiger partial charge in [-0.05, 0) is 79.0 Å². The zero-order valence-electron chi connectivity index (χ0n) is 19.9. The number of hydrogen-bond acceptors (Lipinski definition) is 3. The lowest BCUT2D eigenvalue weighted by molar-refractivity contribution is -0.144. The highest BCUT2D eigenvalue weighted by atomic mass is 19.4. The van der Waals surface area contributed by atoms with Crippen molar-refractivity contribution in [2.45, 2.75) is 63.0 Å². The van der Waals surface area contributed by atoms with Crippen LogP contribution < -0.4 is 4.74 Å². The maximum absolute atomic E-state index is 13.4. The number of alkyl halides is 6. The first-order valence-electron chi connectivity index (χ1n) is 12.3. The second kappa shape index (κ2) is 9.22. The Morgan fingerprint density at radius 1 is 1.03 bits per heavy atom. The molecule has 1 atom stereocenters. The molecule has 10 heteroatoms. The van der Waals surface area contributed by atoms with Crippen molar-refractivity contribution in [3.8, 4) is 5.75 Å². The largest absolute Gasteiger partial charge is 0.490 e. The third-order valence-electron chi connectivity index (χ3n) is 7.75. The van der Waals surface area contributed by atoms with E-state index in [0.29, 0.717) is 55.8 Å². The van der Waals surface area contributed by atoms with Crippen LogP contribution in [-0.4, -0.2) is 35.2 Å². The molecule has 5 rings (SSSR count). The number of nitrogens with zero attached hydrogens (tertiary/aromatic N) is 1. The lowest BCUT2D eigenvalue weighted by Crippen LogP contribution is -2.64. The summed E-state index contributed by atoms with van der Waals surface area (Å²) < 4.78 is 85.5. The first-order chi connectivity index (χ1) is 17.3. The summed E-state index contributed by atoms with van der Waals surface area (Å²) in [6, 6.07) is 9.10. The van der Waals surface area contributed by atoms with E-state index < -0.39 is 29.4 Å². The fourth-order valence-corrected chi connectivity index (χ4v) is 5.93. The Morgan fingerprint density at radius 3 is 2.32 bits per heavy atom. The van der Waals surface area contributed by atoms with Crippen molar-refractivity contribution in [1.29, 1.82) is 0 Å². The molecule has 200 valence electrons. The Bertz CT molecular complexity index is 1160. The molecule has 2 aliphatic carbocycles. The van der Waals surface area contributed by atoms with Gasteiger partial charge in [0.15, 0.2) is 0 Å². The van der Waals surface area contributed by atoms with Gasteiger partial charge in [0.2, 0.25) is 0 Å². The summed E-state index contributed by atoms with van der Waals surface area (Å²) in [6.45, 7) is 0.811. The topological polar surface area (TPSA) is 49.8 Å². The molecule has 1 aliphatic heterocycles. The molecule has 3 aliphatic rings. The number of carboxylic acid groups (broad SMARTS) is 1. The normalized spacial score (nSPS) is 20.8. The van der Waals surface area contributed by atoms with Crippen LogP contribution in [0.2, 0.25) is 0 Å². The standard InChI is InChI=1S/C27H27F6NO3/c28-26(29,30)19-6-7-23(27(31,32)33)18(8-19)13-34-14-25(15-34)11-21(12-25)37-20-3-1-2-17(9-20)22(10-24(35)36)16-4-5-16/h1-3,6-9,16,21-22H,4-5,10-15H2,(H,35,36)/t22-/m0/s1. The summed E-state index contributed by atoms with van der Waals surface area (Å²) in [5.74, 6) is 0.190. The van der Waals surface area contributed by atoms with Crippen molar-refractivity contribution in [3.05, 3.63) is 64.7 Å². The molecule has 0 aromatic heterocycles. The van der Waals surface area contributed by atoms with Gasteiger partial charge in [0.1, 0.15) is 5.75 Å². The van der Waals surface area contributed by atoms with Crippen LogP contribution >= 0.6 is 0 Å². The molecule has 0 radical (unpaired) electrons. The smallest absolute Gasteiger partial charge is 0.416 e. The van der Waals surface area contributed by atoms with Gasteiger partial charge in [-0.15, -0.1) is 0 Å². The first-order valence-corrected chi connectivity index (χ1v) is 12.3. The van der Waals surface area contributed by atoms with Crippen molar-refractivity contribution in [2.24, 2.45) is 11.3 Å². The highest BCUT2D eigenvalue weighted by molar-refractivity contribution is 5.68. The van der Waals surface area contributed by atoms with Crippen LogP contribution in [0.5, 0.6) is 5.75 Å². The Hall–Kier alpha value is -2.75. The minimum atomic E-state index is -4.73. The second-order valence-corrected chi connectivity index (χ2v) is 10.8. The van der Waals surface area contributed by atoms with Gasteiger partial charge in [-0.3, -0.25) is 9.69 Å². The van der Waals surface area contributed by atoms with Crippen LogP contribution in [-0.2, 0) is 23.7 Å². The van der Waals surface area contributed by atoms with Gasteiger partial charge in [0.05, 0.1) is 23.7 Å². The van der Waals surface area contributed by atoms with E-state index >= 15 is 0 Å². The number of carboxylic acids is 1. The Kier molecular flexibility index (Phi) is 6.45. The van der Waals surface area contributed by atoms with Crippen molar-refractivity contribution in [2.75, 3.05) is 13.1 Å². The average molecular weight is 528 g/mol. The third-order valence-corrected chi connectivity index (χ3v) is 7.75. The van der Waals surface area contributed by atoms with Crippen LogP contribution in [0, 0.1) is 11.3 Å². The van der Waals surface area contributed by atoms with E-state index in [0.717, 1.165) is 18.4 Å². The monoisotopic (exact) mass is 527 g/mol. The highest BCUT2D eigenvalue weighted by Gasteiger charge is 2.53. The van der Waals surface area contributed by atoms with Crippen molar-refractivity contribution < 1.29 is 41.0 Å². The fourth-order valence-electron chi connectivity index (χ4n) is 5.93. The number of carbonyl (C=O) groups is 1. The van der Waals surface area contributed by atoms with E-state index in [9.17, 15) is 36.2 Å². The van der Waals surface area contributed by atoms with Gasteiger partial charge in [0.25, 0.3) is 0 Å². The van der Waals surface area contributed by atoms with Crippen LogP contribution in [0.1, 0.15) is 60.3 Å². The van der Waals surface area contributed by atoms with Crippen LogP contribution in [0.25, 0.3) is 0 Å². The van der Waals surface area contributed by atoms with E-state index in [1.807, 2.05) is 24.3 Å². The molecule has 0 amide bonds. The third kappa shape index (κ3) is 5.73. The quantitative estimate of drug-likeness (QED) is 0.387. The van der Waals surface area contributed by atoms with Gasteiger partial charge in [0, 0.05) is 25.0 Å². The van der Waals surface area contributed by atoms with Crippen LogP contribution in [0.4, 0.5) is 26.3 Å². The lowest BCUT2D eigenvalue weighted by atomic mass is 9.61. The first kappa shape index (κ1) is 25.9. The molecule has 1 saturated heterocycles. The predicted octanol–water partition coefficient (Wildman–Crippen LogP) is 6.74. The van der Waals surface area contributed by atoms with Crippen LogP contribution in [0.3, 0.4) is 0 Å². The molecule has 1 spiro atoms. The molecule has 0 unspecified atom stereocenters. The maximum Gasteiger partial charge on any atom is 0.416 e. The summed E-state index contributed by atoms with van der Waals surface area (Å²) >= 11 is 0. The summed E-state index contributed by atoms with van der Waals surface area (Å²) in [6.07, 6.45) is -5.95. The molecule has 2 aromatic carbocycles. The summed E-state index contributed by atoms with van der Waals surface area (Å²) in [7, 11) is 0. The molecule has 3 fully saturated rings. The number of aliphatic carboxylic acids is 1. The summed E-state index contributed by atoms with van der Waals surface area (Å²) in [5, 5.41) is 9.25. The van der Waals surface area contributed by atoms with E-state index in [-0.39, 0.29) is 36.0 Å². The number of rotatable bonds is 8. The van der Waals surface area contributed by atoms with E-state index in [1.54, 1.807) is 4.90 Å². The molecular formula is C27H27F6NO3. The van der Waals surface area contributed by atoms with E-state index in [4.69, 9.17) is 4.74 Å². The number of benzene rings is 2. The summed E-state index contributed by atoms with van der Waals surface area (Å²) in [4.78, 5) is 13.0. The lowest BCUT2D eigenvalue weighted by Gasteiger charge is -2.58. The molecule has 2 saturated carbocycles. The van der Waals surface area contributed by atoms with E-state index in [1.165, 1.54) is 0 Å². The number of ether oxygens (including phenoxy) is 1. The SMILES string of the molecule is O=C(O)C[C@H](c1cccc(OC2CC3(C2)CN(Cc2cc(C(F)(F)F)ccc2C(F)(F)F)C3)c1)C1CC1. The van der Waals surface area contributed by atoms with Gasteiger partial charge >= 0.3 is 18.3 Å². The summed E-state index contributed by atoms with van der Waals surface area (Å²) in [5.41, 5.74) is -1.64. The molecule has 0 bridgehead atoms. The Morgan fingerprint density at radius 2 is 1.73 bits per heavy atom. The zero-order valence-corrected chi connectivity index (χ0v) is 19.9. The van der Waals surface area contributed by atoms with Crippen molar-refractivity contribution in [1.82, 2.24) is 4.90 Å². The molecule has 4 nitrogen and oxygen atoms in total. The van der Waals surface area contributed by atoms with Crippen molar-refractivity contribution in [3.63, 3.8) is 0 Å². The number of hydrogen-bond donors (Lipinski definition) is 1. The zero-order chi connectivity index (χ0) is 26.6. The molecule has 37 heavy (non-hydrogen) atoms. The van der Waals surface area contributed by atoms with Gasteiger partial charge in [-0.2, -0.15) is 26.3 Å². The number of halogens is 6. The Labute approximate surface area is 210 Å². The molecular weight excluding hydrogens is 500 g/mol. The minimum Gasteiger partial charge on any atom is -0.490 e. The fraction of sp³-hybridized carbons (Fsp3) is 0.519. The molecule has 1 N–H and O–H groups in total. The van der Waals surface area contributed by atoms with E-state index in [2.05, 4.69) is 0 Å². The highest BCUT2D eigenvalue weighted by Crippen LogP contribution is 2.51. The average Bonchev–Trinajstić information content (AvgIpc) is 3.58. The number of likely N-dealkylation sites (tertiary alicyclic amines) is 1. The predicted molar refractivity (Wildman–Crippen MR) is 122 cm³/mol. The Balaban J connectivity index is 1.17. The molecule has 1 heterocycles. The minimum absolute atomic E-state index is 0.0357. The van der Waals surface area contributed by atoms with Gasteiger partial charge in [-0.1, -0.05) is 12.1 Å². The second-order valence-electron chi connectivity index (χ2n) is 10.8. The molecule has 2 aromatic rings. The maximum atomic E-state index is 13.4. The van der Waals surface area contributed by atoms with Gasteiger partial charge in [-0.25, -0.2) is 0 Å². The van der Waals surface area contributed by atoms with Crippen LogP contribution in [0.15, 0.2) is 42.5 Å². The van der Waals surface area contributed by atoms with Crippen molar-refractivity contribution >= 4 is 5.97 Å².